The Kier molecular flexibility index (Phi) is 5.53. The number of epoxide rings is 6. The second kappa shape index (κ2) is 8.64. The van der Waals surface area contributed by atoms with Crippen LogP contribution >= 0.6 is 0 Å². The van der Waals surface area contributed by atoms with E-state index in [1.165, 1.54) is 51.4 Å². The molecule has 0 aromatic heterocycles. The summed E-state index contributed by atoms with van der Waals surface area (Å²) in [5.74, 6) is 4.26. The fraction of sp³-hybridized carbons (Fsp3) is 1.00. The molecule has 4 aliphatic carbocycles. The molecule has 10 rings (SSSR count). The zero-order valence-electron chi connectivity index (χ0n) is 20.1. The van der Waals surface area contributed by atoms with E-state index in [0.717, 1.165) is 62.6 Å². The largest absolute Gasteiger partial charge is 0.378 e. The molecule has 14 atom stereocenters. The van der Waals surface area contributed by atoms with Crippen molar-refractivity contribution in [1.82, 2.24) is 0 Å². The summed E-state index contributed by atoms with van der Waals surface area (Å²) >= 11 is 0. The topological polar surface area (TPSA) is 84.4 Å². The molecular formula is C27H40O7. The van der Waals surface area contributed by atoms with Crippen molar-refractivity contribution in [1.29, 1.82) is 0 Å². The van der Waals surface area contributed by atoms with E-state index in [0.29, 0.717) is 54.9 Å². The maximum absolute atomic E-state index is 5.59. The van der Waals surface area contributed by atoms with E-state index >= 15 is 0 Å². The summed E-state index contributed by atoms with van der Waals surface area (Å²) in [6.07, 6.45) is 16.0. The normalized spacial score (nSPS) is 57.5. The third-order valence-corrected chi connectivity index (χ3v) is 10.1. The van der Waals surface area contributed by atoms with Crippen molar-refractivity contribution in [3.05, 3.63) is 0 Å². The summed E-state index contributed by atoms with van der Waals surface area (Å²) in [6, 6.07) is 0. The third-order valence-electron chi connectivity index (χ3n) is 10.1. The summed E-state index contributed by atoms with van der Waals surface area (Å²) in [5, 5.41) is 0. The highest BCUT2D eigenvalue weighted by atomic mass is 16.6. The van der Waals surface area contributed by atoms with Crippen LogP contribution in [0.1, 0.15) is 51.4 Å². The second-order valence-electron chi connectivity index (χ2n) is 12.5. The van der Waals surface area contributed by atoms with Crippen LogP contribution in [-0.4, -0.2) is 88.0 Å². The van der Waals surface area contributed by atoms with Gasteiger partial charge in [0.05, 0.1) is 75.3 Å². The summed E-state index contributed by atoms with van der Waals surface area (Å²) in [7, 11) is 0. The van der Waals surface area contributed by atoms with E-state index in [1.807, 2.05) is 0 Å². The average molecular weight is 477 g/mol. The first-order valence-corrected chi connectivity index (χ1v) is 14.2. The maximum Gasteiger partial charge on any atom is 0.104 e. The lowest BCUT2D eigenvalue weighted by Crippen LogP contribution is -2.22. The molecule has 0 radical (unpaired) electrons. The van der Waals surface area contributed by atoms with E-state index in [2.05, 4.69) is 0 Å². The van der Waals surface area contributed by atoms with Crippen LogP contribution in [0.15, 0.2) is 0 Å². The minimum absolute atomic E-state index is 0.411. The lowest BCUT2D eigenvalue weighted by Gasteiger charge is -2.18. The molecule has 34 heavy (non-hydrogen) atoms. The molecule has 6 aliphatic heterocycles. The van der Waals surface area contributed by atoms with Crippen LogP contribution in [0.25, 0.3) is 0 Å². The van der Waals surface area contributed by atoms with Crippen molar-refractivity contribution < 1.29 is 33.2 Å². The Morgan fingerprint density at radius 1 is 0.529 bits per heavy atom. The highest BCUT2D eigenvalue weighted by Gasteiger charge is 2.65. The summed E-state index contributed by atoms with van der Waals surface area (Å²) in [6.45, 7) is 4.66. The highest BCUT2D eigenvalue weighted by molar-refractivity contribution is 5.12. The minimum atomic E-state index is 0.411. The van der Waals surface area contributed by atoms with Crippen molar-refractivity contribution in [3.8, 4) is 0 Å². The van der Waals surface area contributed by atoms with Gasteiger partial charge in [-0.25, -0.2) is 0 Å². The maximum atomic E-state index is 5.59. The van der Waals surface area contributed by atoms with E-state index in [-0.39, 0.29) is 0 Å². The van der Waals surface area contributed by atoms with Crippen LogP contribution in [0.2, 0.25) is 0 Å². The average Bonchev–Trinajstić information content (AvgIpc) is 3.68. The van der Waals surface area contributed by atoms with E-state index in [9.17, 15) is 0 Å². The molecule has 10 fully saturated rings. The lowest BCUT2D eigenvalue weighted by molar-refractivity contribution is 0.0763. The lowest BCUT2D eigenvalue weighted by atomic mass is 9.87. The van der Waals surface area contributed by atoms with Gasteiger partial charge in [0.25, 0.3) is 0 Å². The first-order valence-electron chi connectivity index (χ1n) is 14.2. The van der Waals surface area contributed by atoms with Gasteiger partial charge in [0.15, 0.2) is 0 Å². The Morgan fingerprint density at radius 2 is 1.26 bits per heavy atom. The second-order valence-corrected chi connectivity index (χ2v) is 12.5. The standard InChI is InChI=1S/C10H16O3.C9H12O2.C8H12O2/c1-2-9-10(13-9)3-7(1)4-11-5-8-6-12-8;1-4-2-6(9-8(4)11-9)5(1)7-3-10-7;1-2-6-7(10-6)3-5(1)8-4-9-8/h7-10H,1-6H2;4-9H,1-3H2;5-8H,1-4H2. The van der Waals surface area contributed by atoms with Gasteiger partial charge in [0.2, 0.25) is 0 Å². The van der Waals surface area contributed by atoms with Crippen molar-refractivity contribution >= 4 is 0 Å². The van der Waals surface area contributed by atoms with Gasteiger partial charge in [-0.3, -0.25) is 0 Å². The van der Waals surface area contributed by atoms with Gasteiger partial charge in [-0.05, 0) is 81.0 Å². The minimum Gasteiger partial charge on any atom is -0.378 e. The van der Waals surface area contributed by atoms with Crippen LogP contribution in [0, 0.1) is 29.6 Å². The van der Waals surface area contributed by atoms with Crippen molar-refractivity contribution in [3.63, 3.8) is 0 Å². The number of fused-ring (bicyclic) bond motifs is 7. The third kappa shape index (κ3) is 4.83. The van der Waals surface area contributed by atoms with Crippen LogP contribution in [0.4, 0.5) is 0 Å². The molecule has 10 aliphatic rings. The summed E-state index contributed by atoms with van der Waals surface area (Å²) in [4.78, 5) is 0. The first-order chi connectivity index (χ1) is 16.8. The van der Waals surface area contributed by atoms with Crippen LogP contribution in [-0.2, 0) is 33.2 Å². The van der Waals surface area contributed by atoms with Crippen LogP contribution < -0.4 is 0 Å². The number of hydrogen-bond donors (Lipinski definition) is 0. The molecule has 7 nitrogen and oxygen atoms in total. The van der Waals surface area contributed by atoms with Gasteiger partial charge in [-0.1, -0.05) is 0 Å². The molecule has 4 saturated carbocycles. The molecule has 0 N–H and O–H groups in total. The summed E-state index contributed by atoms with van der Waals surface area (Å²) in [5.41, 5.74) is 0. The van der Waals surface area contributed by atoms with Crippen LogP contribution in [0.5, 0.6) is 0 Å². The number of hydrogen-bond acceptors (Lipinski definition) is 7. The number of rotatable bonds is 6. The molecule has 0 aromatic carbocycles. The zero-order valence-corrected chi connectivity index (χ0v) is 20.1. The van der Waals surface area contributed by atoms with E-state index in [1.54, 1.807) is 0 Å². The smallest absolute Gasteiger partial charge is 0.104 e. The van der Waals surface area contributed by atoms with Crippen molar-refractivity contribution in [2.45, 2.75) is 106 Å². The zero-order chi connectivity index (χ0) is 22.2. The van der Waals surface area contributed by atoms with Gasteiger partial charge in [0, 0.05) is 6.61 Å². The first kappa shape index (κ1) is 21.8. The van der Waals surface area contributed by atoms with Crippen molar-refractivity contribution in [2.75, 3.05) is 33.0 Å². The summed E-state index contributed by atoms with van der Waals surface area (Å²) < 4.78 is 37.8. The van der Waals surface area contributed by atoms with Gasteiger partial charge < -0.3 is 33.2 Å². The number of ether oxygens (including phenoxy) is 7. The molecule has 14 unspecified atom stereocenters. The van der Waals surface area contributed by atoms with E-state index < -0.39 is 0 Å². The van der Waals surface area contributed by atoms with Crippen molar-refractivity contribution in [2.24, 2.45) is 29.6 Å². The van der Waals surface area contributed by atoms with Gasteiger partial charge in [-0.15, -0.1) is 0 Å². The van der Waals surface area contributed by atoms with Crippen LogP contribution in [0.3, 0.4) is 0 Å². The molecule has 2 bridgehead atoms. The Morgan fingerprint density at radius 3 is 1.91 bits per heavy atom. The molecule has 6 saturated heterocycles. The fourth-order valence-corrected chi connectivity index (χ4v) is 7.65. The molecule has 6 heterocycles. The predicted molar refractivity (Wildman–Crippen MR) is 120 cm³/mol. The molecule has 0 aromatic rings. The molecule has 7 heteroatoms. The molecular weight excluding hydrogens is 436 g/mol. The SMILES string of the molecule is C1CC2OC2CC1C1CO1.C1CC2OC2CC1COCC1CO1.C1OC1C1CC2CC1C1OC21. The monoisotopic (exact) mass is 476 g/mol. The van der Waals surface area contributed by atoms with Gasteiger partial charge in [-0.2, -0.15) is 0 Å². The molecule has 0 spiro atoms. The fourth-order valence-electron chi connectivity index (χ4n) is 7.65. The highest BCUT2D eigenvalue weighted by Crippen LogP contribution is 2.60. The Bertz CT molecular complexity index is 751. The Hall–Kier alpha value is -0.280. The van der Waals surface area contributed by atoms with E-state index in [4.69, 9.17) is 33.2 Å². The predicted octanol–water partition coefficient (Wildman–Crippen LogP) is 2.73. The quantitative estimate of drug-likeness (QED) is 0.545. The Balaban J connectivity index is 0.0000000830. The van der Waals surface area contributed by atoms with Gasteiger partial charge >= 0.3 is 0 Å². The van der Waals surface area contributed by atoms with Gasteiger partial charge in [0.1, 0.15) is 6.10 Å². The molecule has 0 amide bonds. The molecule has 190 valence electrons. The Labute approximate surface area is 202 Å².